The first-order valence-electron chi connectivity index (χ1n) is 7.94. The van der Waals surface area contributed by atoms with Crippen LogP contribution < -0.4 is 5.48 Å². The van der Waals surface area contributed by atoms with Crippen LogP contribution in [-0.4, -0.2) is 17.5 Å². The zero-order valence-corrected chi connectivity index (χ0v) is 16.6. The van der Waals surface area contributed by atoms with Gasteiger partial charge in [-0.05, 0) is 42.0 Å². The standard InChI is InChI=1S/C18H9Cl3F6N2O/c19-11-5-10(6-12(20)7-11)16(18(25,26)27)8-14(29-30-16)9-1-3-13(4-2-9)28-15(21)17(22,23)24/h1-8,29H. The molecule has 0 fully saturated rings. The van der Waals surface area contributed by atoms with E-state index in [-0.39, 0.29) is 32.6 Å². The van der Waals surface area contributed by atoms with Crippen molar-refractivity contribution in [3.8, 4) is 0 Å². The molecule has 3 nitrogen and oxygen atoms in total. The third-order valence-corrected chi connectivity index (χ3v) is 4.76. The fraction of sp³-hybridized carbons (Fsp3) is 0.167. The molecule has 3 rings (SSSR count). The molecular weight excluding hydrogens is 481 g/mol. The highest BCUT2D eigenvalue weighted by Crippen LogP contribution is 2.48. The molecule has 0 saturated heterocycles. The first kappa shape index (κ1) is 22.7. The van der Waals surface area contributed by atoms with Gasteiger partial charge in [0.2, 0.25) is 10.8 Å². The summed E-state index contributed by atoms with van der Waals surface area (Å²) in [6, 6.07) is 8.26. The number of hydrogen-bond acceptors (Lipinski definition) is 3. The minimum atomic E-state index is -4.89. The van der Waals surface area contributed by atoms with Gasteiger partial charge in [-0.3, -0.25) is 10.3 Å². The summed E-state index contributed by atoms with van der Waals surface area (Å²) in [6.07, 6.45) is -8.91. The van der Waals surface area contributed by atoms with Crippen LogP contribution in [-0.2, 0) is 10.4 Å². The van der Waals surface area contributed by atoms with E-state index in [1.165, 1.54) is 18.2 Å². The molecule has 1 aliphatic heterocycles. The molecule has 1 N–H and O–H groups in total. The number of hydroxylamine groups is 1. The van der Waals surface area contributed by atoms with Crippen LogP contribution in [0.3, 0.4) is 0 Å². The van der Waals surface area contributed by atoms with Gasteiger partial charge in [0.15, 0.2) is 0 Å². The van der Waals surface area contributed by atoms with Crippen LogP contribution in [0, 0.1) is 0 Å². The number of aliphatic imine (C=N–C) groups is 1. The van der Waals surface area contributed by atoms with Crippen molar-refractivity contribution in [2.45, 2.75) is 18.0 Å². The average Bonchev–Trinajstić information content (AvgIpc) is 3.07. The molecular formula is C18H9Cl3F6N2O. The molecule has 0 saturated carbocycles. The van der Waals surface area contributed by atoms with Crippen LogP contribution in [0.25, 0.3) is 5.70 Å². The van der Waals surface area contributed by atoms with E-state index >= 15 is 0 Å². The normalized spacial score (nSPS) is 20.2. The van der Waals surface area contributed by atoms with Crippen LogP contribution in [0.4, 0.5) is 32.0 Å². The Hall–Kier alpha value is -1.94. The molecule has 1 aliphatic rings. The second kappa shape index (κ2) is 7.96. The van der Waals surface area contributed by atoms with Crippen molar-refractivity contribution in [2.75, 3.05) is 0 Å². The van der Waals surface area contributed by atoms with Crippen molar-refractivity contribution in [3.05, 3.63) is 69.7 Å². The van der Waals surface area contributed by atoms with Gasteiger partial charge in [-0.15, -0.1) is 0 Å². The summed E-state index contributed by atoms with van der Waals surface area (Å²) in [5, 5.41) is -1.61. The minimum Gasteiger partial charge on any atom is -0.265 e. The number of nitrogens with one attached hydrogen (secondary N) is 1. The molecule has 0 radical (unpaired) electrons. The lowest BCUT2D eigenvalue weighted by atomic mass is 9.91. The first-order chi connectivity index (χ1) is 13.8. The summed E-state index contributed by atoms with van der Waals surface area (Å²) < 4.78 is 79.2. The number of alkyl halides is 6. The zero-order chi connectivity index (χ0) is 22.3. The Labute approximate surface area is 180 Å². The highest BCUT2D eigenvalue weighted by atomic mass is 35.5. The van der Waals surface area contributed by atoms with E-state index in [0.717, 1.165) is 30.3 Å². The minimum absolute atomic E-state index is 0.0182. The smallest absolute Gasteiger partial charge is 0.265 e. The van der Waals surface area contributed by atoms with Gasteiger partial charge in [0, 0.05) is 15.6 Å². The molecule has 160 valence electrons. The van der Waals surface area contributed by atoms with Crippen molar-refractivity contribution in [3.63, 3.8) is 0 Å². The Morgan fingerprint density at radius 1 is 0.933 bits per heavy atom. The number of halogens is 9. The number of benzene rings is 2. The lowest BCUT2D eigenvalue weighted by Gasteiger charge is -2.28. The third kappa shape index (κ3) is 4.54. The van der Waals surface area contributed by atoms with Crippen LogP contribution in [0.2, 0.25) is 10.0 Å². The molecule has 0 spiro atoms. The predicted octanol–water partition coefficient (Wildman–Crippen LogP) is 7.16. The first-order valence-corrected chi connectivity index (χ1v) is 9.07. The summed E-state index contributed by atoms with van der Waals surface area (Å²) in [4.78, 5) is 8.13. The third-order valence-electron chi connectivity index (χ3n) is 4.02. The molecule has 2 aromatic carbocycles. The van der Waals surface area contributed by atoms with Gasteiger partial charge in [-0.2, -0.15) is 26.3 Å². The van der Waals surface area contributed by atoms with E-state index in [1.807, 2.05) is 0 Å². The fourth-order valence-electron chi connectivity index (χ4n) is 2.65. The van der Waals surface area contributed by atoms with Crippen molar-refractivity contribution >= 4 is 51.4 Å². The molecule has 12 heteroatoms. The summed E-state index contributed by atoms with van der Waals surface area (Å²) in [5.41, 5.74) is -1.03. The molecule has 30 heavy (non-hydrogen) atoms. The second-order valence-electron chi connectivity index (χ2n) is 6.10. The highest BCUT2D eigenvalue weighted by molar-refractivity contribution is 6.67. The van der Waals surface area contributed by atoms with E-state index in [0.29, 0.717) is 0 Å². The van der Waals surface area contributed by atoms with Crippen LogP contribution >= 0.6 is 34.8 Å². The van der Waals surface area contributed by atoms with Crippen molar-refractivity contribution in [2.24, 2.45) is 4.99 Å². The average molecular weight is 490 g/mol. The largest absolute Gasteiger partial charge is 0.444 e. The topological polar surface area (TPSA) is 33.6 Å². The van der Waals surface area contributed by atoms with Gasteiger partial charge in [-0.1, -0.05) is 46.9 Å². The molecule has 2 aromatic rings. The quantitative estimate of drug-likeness (QED) is 0.367. The lowest BCUT2D eigenvalue weighted by Crippen LogP contribution is -2.42. The van der Waals surface area contributed by atoms with Gasteiger partial charge in [0.25, 0.3) is 0 Å². The van der Waals surface area contributed by atoms with Crippen LogP contribution in [0.15, 0.2) is 53.5 Å². The molecule has 0 aromatic heterocycles. The molecule has 0 aliphatic carbocycles. The predicted molar refractivity (Wildman–Crippen MR) is 102 cm³/mol. The van der Waals surface area contributed by atoms with E-state index in [4.69, 9.17) is 39.6 Å². The Kier molecular flexibility index (Phi) is 6.03. The van der Waals surface area contributed by atoms with Crippen LogP contribution in [0.5, 0.6) is 0 Å². The molecule has 1 heterocycles. The molecule has 1 atom stereocenters. The SMILES string of the molecule is FC(F)(F)C(Cl)=Nc1ccc(C2=CC(c3cc(Cl)cc(Cl)c3)(C(F)(F)F)ON2)cc1. The van der Waals surface area contributed by atoms with Crippen molar-refractivity contribution in [1.82, 2.24) is 5.48 Å². The molecule has 1 unspecified atom stereocenters. The number of hydrogen-bond donors (Lipinski definition) is 1. The highest BCUT2D eigenvalue weighted by Gasteiger charge is 2.59. The van der Waals surface area contributed by atoms with Crippen LogP contribution in [0.1, 0.15) is 11.1 Å². The Balaban J connectivity index is 2.00. The summed E-state index contributed by atoms with van der Waals surface area (Å²) in [7, 11) is 0. The lowest BCUT2D eigenvalue weighted by molar-refractivity contribution is -0.269. The van der Waals surface area contributed by atoms with E-state index < -0.39 is 23.1 Å². The maximum absolute atomic E-state index is 13.9. The maximum Gasteiger partial charge on any atom is 0.444 e. The number of rotatable bonds is 3. The second-order valence-corrected chi connectivity index (χ2v) is 7.33. The van der Waals surface area contributed by atoms with Gasteiger partial charge in [-0.25, -0.2) is 4.99 Å². The summed E-state index contributed by atoms with van der Waals surface area (Å²) >= 11 is 16.7. The van der Waals surface area contributed by atoms with Gasteiger partial charge in [0.05, 0.1) is 11.4 Å². The monoisotopic (exact) mass is 488 g/mol. The van der Waals surface area contributed by atoms with Gasteiger partial charge in [0.1, 0.15) is 0 Å². The van der Waals surface area contributed by atoms with E-state index in [1.54, 1.807) is 0 Å². The number of nitrogens with zero attached hydrogens (tertiary/aromatic N) is 1. The Morgan fingerprint density at radius 3 is 2.00 bits per heavy atom. The Morgan fingerprint density at radius 2 is 1.50 bits per heavy atom. The van der Waals surface area contributed by atoms with E-state index in [2.05, 4.69) is 10.5 Å². The summed E-state index contributed by atoms with van der Waals surface area (Å²) in [5.74, 6) is 0. The van der Waals surface area contributed by atoms with Gasteiger partial charge >= 0.3 is 12.4 Å². The fourth-order valence-corrected chi connectivity index (χ4v) is 3.27. The van der Waals surface area contributed by atoms with Crippen molar-refractivity contribution in [1.29, 1.82) is 0 Å². The zero-order valence-electron chi connectivity index (χ0n) is 14.4. The summed E-state index contributed by atoms with van der Waals surface area (Å²) in [6.45, 7) is 0. The van der Waals surface area contributed by atoms with Crippen molar-refractivity contribution < 1.29 is 31.2 Å². The Bertz CT molecular complexity index is 998. The molecule has 0 bridgehead atoms. The van der Waals surface area contributed by atoms with E-state index in [9.17, 15) is 26.3 Å². The van der Waals surface area contributed by atoms with Gasteiger partial charge < -0.3 is 0 Å². The maximum atomic E-state index is 13.9. The molecule has 0 amide bonds.